The highest BCUT2D eigenvalue weighted by atomic mass is 19.1. The monoisotopic (exact) mass is 256 g/mol. The molecule has 2 aromatic carbocycles. The molecule has 19 heavy (non-hydrogen) atoms. The van der Waals surface area contributed by atoms with Crippen molar-refractivity contribution in [2.75, 3.05) is 4.90 Å². The molecule has 1 aliphatic heterocycles. The van der Waals surface area contributed by atoms with Crippen LogP contribution in [0, 0.1) is 5.82 Å². The van der Waals surface area contributed by atoms with E-state index in [-0.39, 0.29) is 17.8 Å². The van der Waals surface area contributed by atoms with Crippen molar-refractivity contribution >= 4 is 11.6 Å². The highest BCUT2D eigenvalue weighted by Gasteiger charge is 2.46. The van der Waals surface area contributed by atoms with E-state index in [0.29, 0.717) is 5.69 Å². The van der Waals surface area contributed by atoms with Crippen LogP contribution in [0.15, 0.2) is 54.6 Å². The predicted octanol–water partition coefficient (Wildman–Crippen LogP) is 2.24. The van der Waals surface area contributed by atoms with E-state index < -0.39 is 6.04 Å². The number of anilines is 1. The molecule has 0 aromatic heterocycles. The van der Waals surface area contributed by atoms with Crippen molar-refractivity contribution in [2.24, 2.45) is 5.73 Å². The molecule has 96 valence electrons. The molecule has 2 N–H and O–H groups in total. The molecule has 1 amide bonds. The van der Waals surface area contributed by atoms with Gasteiger partial charge in [0.2, 0.25) is 5.91 Å². The number of carbonyl (C=O) groups is 1. The van der Waals surface area contributed by atoms with Crippen LogP contribution in [0.5, 0.6) is 0 Å². The first-order chi connectivity index (χ1) is 9.18. The highest BCUT2D eigenvalue weighted by Crippen LogP contribution is 2.38. The van der Waals surface area contributed by atoms with Gasteiger partial charge in [-0.05, 0) is 23.8 Å². The van der Waals surface area contributed by atoms with E-state index >= 15 is 0 Å². The van der Waals surface area contributed by atoms with Gasteiger partial charge in [-0.15, -0.1) is 0 Å². The fraction of sp³-hybridized carbons (Fsp3) is 0.133. The molecule has 0 radical (unpaired) electrons. The van der Waals surface area contributed by atoms with E-state index in [0.717, 1.165) is 5.56 Å². The van der Waals surface area contributed by atoms with Crippen LogP contribution in [0.3, 0.4) is 0 Å². The number of β-lactam (4-membered cyclic amide) rings is 1. The van der Waals surface area contributed by atoms with Crippen molar-refractivity contribution < 1.29 is 9.18 Å². The van der Waals surface area contributed by atoms with Gasteiger partial charge >= 0.3 is 0 Å². The van der Waals surface area contributed by atoms with Gasteiger partial charge in [-0.1, -0.05) is 36.4 Å². The van der Waals surface area contributed by atoms with Gasteiger partial charge in [0, 0.05) is 5.69 Å². The van der Waals surface area contributed by atoms with E-state index in [2.05, 4.69) is 0 Å². The van der Waals surface area contributed by atoms with E-state index in [1.165, 1.54) is 12.1 Å². The number of benzene rings is 2. The Bertz CT molecular complexity index is 615. The molecule has 0 aliphatic carbocycles. The number of hydrogen-bond donors (Lipinski definition) is 1. The second-order valence-corrected chi connectivity index (χ2v) is 4.57. The third kappa shape index (κ3) is 1.90. The molecule has 2 atom stereocenters. The Morgan fingerprint density at radius 2 is 1.79 bits per heavy atom. The maximum Gasteiger partial charge on any atom is 0.247 e. The first-order valence-electron chi connectivity index (χ1n) is 6.07. The largest absolute Gasteiger partial charge is 0.318 e. The minimum absolute atomic E-state index is 0.181. The summed E-state index contributed by atoms with van der Waals surface area (Å²) in [6, 6.07) is 14.7. The summed E-state index contributed by atoms with van der Waals surface area (Å²) in [5, 5.41) is 0. The van der Waals surface area contributed by atoms with Crippen LogP contribution in [-0.4, -0.2) is 11.9 Å². The van der Waals surface area contributed by atoms with Crippen molar-refractivity contribution in [3.05, 3.63) is 66.0 Å². The Morgan fingerprint density at radius 1 is 1.05 bits per heavy atom. The third-order valence-corrected chi connectivity index (χ3v) is 3.37. The average molecular weight is 256 g/mol. The molecule has 1 fully saturated rings. The van der Waals surface area contributed by atoms with Gasteiger partial charge in [-0.3, -0.25) is 4.79 Å². The number of nitrogens with two attached hydrogens (primary N) is 1. The van der Waals surface area contributed by atoms with E-state index in [1.807, 2.05) is 30.3 Å². The quantitative estimate of drug-likeness (QED) is 0.838. The molecule has 0 saturated carbocycles. The zero-order chi connectivity index (χ0) is 13.4. The molecule has 1 heterocycles. The summed E-state index contributed by atoms with van der Waals surface area (Å²) in [6.07, 6.45) is 0. The second-order valence-electron chi connectivity index (χ2n) is 4.57. The highest BCUT2D eigenvalue weighted by molar-refractivity contribution is 6.05. The van der Waals surface area contributed by atoms with Crippen LogP contribution in [0.1, 0.15) is 11.6 Å². The van der Waals surface area contributed by atoms with Crippen LogP contribution < -0.4 is 10.6 Å². The smallest absolute Gasteiger partial charge is 0.247 e. The van der Waals surface area contributed by atoms with Crippen molar-refractivity contribution in [3.8, 4) is 0 Å². The standard InChI is InChI=1S/C15H13FN2O/c16-11-7-4-8-12(9-11)18-14(13(17)15(18)19)10-5-2-1-3-6-10/h1-9,13-14H,17H2. The lowest BCUT2D eigenvalue weighted by molar-refractivity contribution is -0.126. The van der Waals surface area contributed by atoms with E-state index in [4.69, 9.17) is 5.73 Å². The predicted molar refractivity (Wildman–Crippen MR) is 71.0 cm³/mol. The molecule has 1 aliphatic rings. The molecule has 1 saturated heterocycles. The fourth-order valence-corrected chi connectivity index (χ4v) is 2.43. The van der Waals surface area contributed by atoms with Gasteiger partial charge < -0.3 is 10.6 Å². The molecule has 0 bridgehead atoms. The lowest BCUT2D eigenvalue weighted by atomic mass is 9.88. The Labute approximate surface area is 110 Å². The van der Waals surface area contributed by atoms with Crippen molar-refractivity contribution in [2.45, 2.75) is 12.1 Å². The molecule has 2 aromatic rings. The second kappa shape index (κ2) is 4.48. The minimum atomic E-state index is -0.564. The van der Waals surface area contributed by atoms with Crippen LogP contribution >= 0.6 is 0 Å². The normalized spacial score (nSPS) is 22.2. The van der Waals surface area contributed by atoms with Crippen molar-refractivity contribution in [3.63, 3.8) is 0 Å². The molecular weight excluding hydrogens is 243 g/mol. The van der Waals surface area contributed by atoms with Gasteiger partial charge in [-0.25, -0.2) is 4.39 Å². The zero-order valence-corrected chi connectivity index (χ0v) is 10.2. The lowest BCUT2D eigenvalue weighted by Gasteiger charge is -2.45. The summed E-state index contributed by atoms with van der Waals surface area (Å²) < 4.78 is 13.3. The Hall–Kier alpha value is -2.20. The van der Waals surface area contributed by atoms with Crippen molar-refractivity contribution in [1.29, 1.82) is 0 Å². The van der Waals surface area contributed by atoms with Gasteiger partial charge in [0.1, 0.15) is 11.9 Å². The fourth-order valence-electron chi connectivity index (χ4n) is 2.43. The van der Waals surface area contributed by atoms with Gasteiger partial charge in [-0.2, -0.15) is 0 Å². The van der Waals surface area contributed by atoms with Crippen LogP contribution in [0.2, 0.25) is 0 Å². The molecular formula is C15H13FN2O. The summed E-state index contributed by atoms with van der Waals surface area (Å²) in [6.45, 7) is 0. The Morgan fingerprint density at radius 3 is 2.47 bits per heavy atom. The van der Waals surface area contributed by atoms with E-state index in [1.54, 1.807) is 17.0 Å². The number of carbonyl (C=O) groups excluding carboxylic acids is 1. The SMILES string of the molecule is NC1C(=O)N(c2cccc(F)c2)C1c1ccccc1. The van der Waals surface area contributed by atoms with Gasteiger partial charge in [0.25, 0.3) is 0 Å². The molecule has 3 rings (SSSR count). The van der Waals surface area contributed by atoms with E-state index in [9.17, 15) is 9.18 Å². The zero-order valence-electron chi connectivity index (χ0n) is 10.2. The summed E-state index contributed by atoms with van der Waals surface area (Å²) >= 11 is 0. The topological polar surface area (TPSA) is 46.3 Å². The van der Waals surface area contributed by atoms with Crippen LogP contribution in [0.25, 0.3) is 0 Å². The first-order valence-corrected chi connectivity index (χ1v) is 6.07. The van der Waals surface area contributed by atoms with Crippen LogP contribution in [0.4, 0.5) is 10.1 Å². The van der Waals surface area contributed by atoms with Crippen molar-refractivity contribution in [1.82, 2.24) is 0 Å². The number of hydrogen-bond acceptors (Lipinski definition) is 2. The summed E-state index contributed by atoms with van der Waals surface area (Å²) in [5.41, 5.74) is 7.38. The Balaban J connectivity index is 1.98. The molecule has 4 heteroatoms. The van der Waals surface area contributed by atoms with Gasteiger partial charge in [0.15, 0.2) is 0 Å². The molecule has 0 spiro atoms. The van der Waals surface area contributed by atoms with Gasteiger partial charge in [0.05, 0.1) is 6.04 Å². The first kappa shape index (κ1) is 11.9. The third-order valence-electron chi connectivity index (χ3n) is 3.37. The maximum atomic E-state index is 13.3. The molecule has 3 nitrogen and oxygen atoms in total. The Kier molecular flexibility index (Phi) is 2.80. The molecule has 2 unspecified atom stereocenters. The van der Waals surface area contributed by atoms with Crippen LogP contribution in [-0.2, 0) is 4.79 Å². The number of nitrogens with zero attached hydrogens (tertiary/aromatic N) is 1. The summed E-state index contributed by atoms with van der Waals surface area (Å²) in [5.74, 6) is -0.544. The average Bonchev–Trinajstić information content (AvgIpc) is 2.44. The number of halogens is 1. The minimum Gasteiger partial charge on any atom is -0.318 e. The maximum absolute atomic E-state index is 13.3. The summed E-state index contributed by atoms with van der Waals surface area (Å²) in [4.78, 5) is 13.5. The number of rotatable bonds is 2. The summed E-state index contributed by atoms with van der Waals surface area (Å²) in [7, 11) is 0. The number of amides is 1. The lowest BCUT2D eigenvalue weighted by Crippen LogP contribution is -2.63.